The zero-order valence-electron chi connectivity index (χ0n) is 11.4. The van der Waals surface area contributed by atoms with Crippen LogP contribution in [0, 0.1) is 10.4 Å². The van der Waals surface area contributed by atoms with Gasteiger partial charge in [-0.25, -0.2) is 0 Å². The Hall–Kier alpha value is -2.33. The third-order valence-corrected chi connectivity index (χ3v) is 4.36. The molecule has 0 aliphatic carbocycles. The molecule has 1 aliphatic rings. The molecule has 0 N–H and O–H groups in total. The molecule has 0 saturated carbocycles. The fourth-order valence-electron chi connectivity index (χ4n) is 2.58. The molecular weight excluding hydrogens is 288 g/mol. The van der Waals surface area contributed by atoms with E-state index in [9.17, 15) is 10.4 Å². The van der Waals surface area contributed by atoms with E-state index in [4.69, 9.17) is 11.6 Å². The van der Waals surface area contributed by atoms with Gasteiger partial charge in [0.05, 0.1) is 15.3 Å². The van der Waals surface area contributed by atoms with Crippen molar-refractivity contribution in [3.63, 3.8) is 0 Å². The van der Waals surface area contributed by atoms with Crippen LogP contribution in [0.15, 0.2) is 60.7 Å². The molecule has 0 bridgehead atoms. The first-order valence-corrected chi connectivity index (χ1v) is 6.90. The van der Waals surface area contributed by atoms with Crippen LogP contribution < -0.4 is 0 Å². The van der Waals surface area contributed by atoms with Crippen LogP contribution in [0.2, 0.25) is 0 Å². The van der Waals surface area contributed by atoms with Crippen LogP contribution in [0.3, 0.4) is 0 Å². The Labute approximate surface area is 127 Å². The van der Waals surface area contributed by atoms with Crippen molar-refractivity contribution in [3.05, 3.63) is 82.2 Å². The van der Waals surface area contributed by atoms with E-state index in [0.717, 1.165) is 0 Å². The van der Waals surface area contributed by atoms with Crippen LogP contribution in [0.4, 0.5) is 0 Å². The van der Waals surface area contributed by atoms with Gasteiger partial charge in [0, 0.05) is 6.92 Å². The summed E-state index contributed by atoms with van der Waals surface area (Å²) >= 11 is 6.78. The van der Waals surface area contributed by atoms with Crippen LogP contribution in [-0.2, 0) is 4.87 Å². The first-order chi connectivity index (χ1) is 10.1. The second kappa shape index (κ2) is 4.90. The molecule has 0 fully saturated rings. The van der Waals surface area contributed by atoms with Gasteiger partial charge in [-0.05, 0) is 17.7 Å². The number of alkyl halides is 1. The van der Waals surface area contributed by atoms with Crippen molar-refractivity contribution in [2.75, 3.05) is 0 Å². The number of hydrogen-bond acceptors (Lipinski definition) is 2. The van der Waals surface area contributed by atoms with Gasteiger partial charge < -0.3 is 10.4 Å². The van der Waals surface area contributed by atoms with Crippen molar-refractivity contribution in [1.82, 2.24) is 0 Å². The molecule has 21 heavy (non-hydrogen) atoms. The number of halogens is 1. The molecule has 0 spiro atoms. The monoisotopic (exact) mass is 300 g/mol. The second-order valence-electron chi connectivity index (χ2n) is 4.87. The Kier molecular flexibility index (Phi) is 3.18. The first-order valence-electron chi connectivity index (χ1n) is 6.52. The summed E-state index contributed by atoms with van der Waals surface area (Å²) in [5.41, 5.74) is 1.79. The molecule has 1 atom stereocenters. The second-order valence-corrected chi connectivity index (χ2v) is 5.44. The quantitative estimate of drug-likeness (QED) is 0.486. The summed E-state index contributed by atoms with van der Waals surface area (Å²) in [5, 5.41) is 24.4. The third kappa shape index (κ3) is 1.91. The molecule has 1 unspecified atom stereocenters. The molecule has 1 aliphatic heterocycles. The SMILES string of the molecule is CC1=[N+]([O-])[N+]([O-])=C(c2ccccc2)C1(Cl)c1ccccc1. The van der Waals surface area contributed by atoms with Crippen molar-refractivity contribution in [2.45, 2.75) is 11.8 Å². The summed E-state index contributed by atoms with van der Waals surface area (Å²) in [4.78, 5) is -0.626. The molecule has 106 valence electrons. The average molecular weight is 301 g/mol. The number of benzene rings is 2. The van der Waals surface area contributed by atoms with Crippen molar-refractivity contribution in [3.8, 4) is 0 Å². The van der Waals surface area contributed by atoms with E-state index in [1.54, 1.807) is 31.2 Å². The molecule has 0 saturated heterocycles. The Bertz CT molecular complexity index is 741. The number of rotatable bonds is 2. The van der Waals surface area contributed by atoms with Gasteiger partial charge in [0.2, 0.25) is 4.87 Å². The minimum atomic E-state index is -1.26. The summed E-state index contributed by atoms with van der Waals surface area (Å²) in [5.74, 6) is 0. The summed E-state index contributed by atoms with van der Waals surface area (Å²) in [6, 6.07) is 18.1. The minimum Gasteiger partial charge on any atom is -0.561 e. The molecule has 0 radical (unpaired) electrons. The Morgan fingerprint density at radius 2 is 1.38 bits per heavy atom. The van der Waals surface area contributed by atoms with Gasteiger partial charge in [-0.1, -0.05) is 60.1 Å². The molecule has 4 nitrogen and oxygen atoms in total. The third-order valence-electron chi connectivity index (χ3n) is 3.69. The molecule has 1 heterocycles. The smallest absolute Gasteiger partial charge is 0.307 e. The molecule has 2 aromatic carbocycles. The maximum Gasteiger partial charge on any atom is 0.307 e. The van der Waals surface area contributed by atoms with Crippen molar-refractivity contribution >= 4 is 23.0 Å². The average Bonchev–Trinajstić information content (AvgIpc) is 2.71. The van der Waals surface area contributed by atoms with E-state index in [2.05, 4.69) is 0 Å². The number of hydrogen-bond donors (Lipinski definition) is 0. The van der Waals surface area contributed by atoms with E-state index in [1.165, 1.54) is 0 Å². The summed E-state index contributed by atoms with van der Waals surface area (Å²) in [6.07, 6.45) is 0. The topological polar surface area (TPSA) is 52.1 Å². The van der Waals surface area contributed by atoms with Gasteiger partial charge >= 0.3 is 5.71 Å². The Balaban J connectivity index is 2.27. The van der Waals surface area contributed by atoms with Gasteiger partial charge in [-0.15, -0.1) is 0 Å². The Morgan fingerprint density at radius 1 is 0.857 bits per heavy atom. The van der Waals surface area contributed by atoms with Gasteiger partial charge in [-0.3, -0.25) is 0 Å². The Morgan fingerprint density at radius 3 is 1.95 bits per heavy atom. The number of hydrazine groups is 1. The molecule has 3 rings (SSSR count). The maximum atomic E-state index is 12.3. The first kappa shape index (κ1) is 13.6. The maximum absolute atomic E-state index is 12.3. The van der Waals surface area contributed by atoms with E-state index in [0.29, 0.717) is 20.8 Å². The van der Waals surface area contributed by atoms with Crippen LogP contribution >= 0.6 is 11.6 Å². The summed E-state index contributed by atoms with van der Waals surface area (Å²) in [6.45, 7) is 1.58. The highest BCUT2D eigenvalue weighted by Gasteiger charge is 2.57. The summed E-state index contributed by atoms with van der Waals surface area (Å²) < 4.78 is 0. The lowest BCUT2D eigenvalue weighted by atomic mass is 9.86. The van der Waals surface area contributed by atoms with Crippen LogP contribution in [-0.4, -0.2) is 21.1 Å². The fourth-order valence-corrected chi connectivity index (χ4v) is 2.96. The highest BCUT2D eigenvalue weighted by Crippen LogP contribution is 2.37. The van der Waals surface area contributed by atoms with Gasteiger partial charge in [-0.2, -0.15) is 0 Å². The van der Waals surface area contributed by atoms with Gasteiger partial charge in [0.15, 0.2) is 0 Å². The molecule has 0 aromatic heterocycles. The molecule has 0 amide bonds. The predicted octanol–water partition coefficient (Wildman–Crippen LogP) is 3.02. The lowest BCUT2D eigenvalue weighted by Gasteiger charge is -2.16. The van der Waals surface area contributed by atoms with Crippen molar-refractivity contribution in [1.29, 1.82) is 0 Å². The highest BCUT2D eigenvalue weighted by atomic mass is 35.5. The zero-order chi connectivity index (χ0) is 15.0. The van der Waals surface area contributed by atoms with Gasteiger partial charge in [0.25, 0.3) is 5.71 Å². The summed E-state index contributed by atoms with van der Waals surface area (Å²) in [7, 11) is 0. The largest absolute Gasteiger partial charge is 0.561 e. The number of hydrazone groups is 2. The molecular formula is C16H13ClN2O2. The van der Waals surface area contributed by atoms with Crippen LogP contribution in [0.1, 0.15) is 18.1 Å². The lowest BCUT2D eigenvalue weighted by Crippen LogP contribution is -2.36. The fraction of sp³-hybridized carbons (Fsp3) is 0.125. The van der Waals surface area contributed by atoms with Crippen LogP contribution in [0.5, 0.6) is 0 Å². The van der Waals surface area contributed by atoms with E-state index >= 15 is 0 Å². The predicted molar refractivity (Wildman–Crippen MR) is 82.5 cm³/mol. The van der Waals surface area contributed by atoms with E-state index in [-0.39, 0.29) is 11.4 Å². The normalized spacial score (nSPS) is 22.0. The zero-order valence-corrected chi connectivity index (χ0v) is 12.1. The van der Waals surface area contributed by atoms with Gasteiger partial charge in [0.1, 0.15) is 0 Å². The van der Waals surface area contributed by atoms with Crippen molar-refractivity contribution < 1.29 is 9.70 Å². The standard InChI is InChI=1S/C16H13ClN2O2/c1-12-16(17,14-10-6-3-7-11-14)15(19(21)18(12)20)13-8-4-2-5-9-13/h2-11H,1H3. The van der Waals surface area contributed by atoms with E-state index in [1.807, 2.05) is 36.4 Å². The molecule has 2 aromatic rings. The lowest BCUT2D eigenvalue weighted by molar-refractivity contribution is -1.05. The minimum absolute atomic E-state index is 0.225. The van der Waals surface area contributed by atoms with Crippen LogP contribution in [0.25, 0.3) is 0 Å². The van der Waals surface area contributed by atoms with E-state index < -0.39 is 4.87 Å². The highest BCUT2D eigenvalue weighted by molar-refractivity contribution is 6.49. The molecule has 5 heteroatoms. The van der Waals surface area contributed by atoms with Crippen molar-refractivity contribution in [2.24, 2.45) is 0 Å². The number of nitrogens with zero attached hydrogens (tertiary/aromatic N) is 2.